The van der Waals surface area contributed by atoms with Crippen LogP contribution in [0.5, 0.6) is 0 Å². The van der Waals surface area contributed by atoms with E-state index < -0.39 is 6.17 Å². The van der Waals surface area contributed by atoms with Crippen molar-refractivity contribution in [2.45, 2.75) is 56.8 Å². The molecule has 166 valence electrons. The maximum absolute atomic E-state index is 14.6. The molecular formula is C22H31Cl2FN4O. The maximum Gasteiger partial charge on any atom is 0.315 e. The molecule has 2 amide bonds. The summed E-state index contributed by atoms with van der Waals surface area (Å²) in [5.74, 6) is 0.393. The normalized spacial score (nSPS) is 27.7. The Kier molecular flexibility index (Phi) is 7.27. The Bertz CT molecular complexity index is 740. The Morgan fingerprint density at radius 3 is 2.53 bits per heavy atom. The number of benzene rings is 1. The summed E-state index contributed by atoms with van der Waals surface area (Å²) in [6.45, 7) is 4.77. The third kappa shape index (κ3) is 5.71. The lowest BCUT2D eigenvalue weighted by Gasteiger charge is -2.38. The molecule has 3 aliphatic rings. The highest BCUT2D eigenvalue weighted by molar-refractivity contribution is 6.43. The lowest BCUT2D eigenvalue weighted by Crippen LogP contribution is -2.50. The molecule has 1 heterocycles. The number of piperazine rings is 1. The van der Waals surface area contributed by atoms with Crippen LogP contribution >= 0.6 is 23.2 Å². The molecule has 4 rings (SSSR count). The number of alkyl halides is 1. The minimum atomic E-state index is -0.949. The largest absolute Gasteiger partial charge is 0.368 e. The van der Waals surface area contributed by atoms with E-state index in [4.69, 9.17) is 23.2 Å². The van der Waals surface area contributed by atoms with Gasteiger partial charge in [-0.3, -0.25) is 4.90 Å². The van der Waals surface area contributed by atoms with Crippen molar-refractivity contribution in [3.63, 3.8) is 0 Å². The van der Waals surface area contributed by atoms with Crippen molar-refractivity contribution in [1.82, 2.24) is 15.5 Å². The molecular weight excluding hydrogens is 426 g/mol. The van der Waals surface area contributed by atoms with Gasteiger partial charge in [-0.15, -0.1) is 0 Å². The lowest BCUT2D eigenvalue weighted by atomic mass is 9.82. The van der Waals surface area contributed by atoms with Gasteiger partial charge in [0.15, 0.2) is 0 Å². The number of anilines is 1. The quantitative estimate of drug-likeness (QED) is 0.663. The number of hydrogen-bond donors (Lipinski definition) is 2. The molecule has 0 bridgehead atoms. The van der Waals surface area contributed by atoms with Crippen LogP contribution in [0.15, 0.2) is 18.2 Å². The molecule has 3 unspecified atom stereocenters. The predicted octanol–water partition coefficient (Wildman–Crippen LogP) is 4.47. The molecule has 0 radical (unpaired) electrons. The Labute approximate surface area is 188 Å². The van der Waals surface area contributed by atoms with E-state index in [9.17, 15) is 9.18 Å². The summed E-state index contributed by atoms with van der Waals surface area (Å²) in [5.41, 5.74) is 1.00. The lowest BCUT2D eigenvalue weighted by molar-refractivity contribution is 0.134. The third-order valence-corrected chi connectivity index (χ3v) is 7.42. The van der Waals surface area contributed by atoms with Crippen LogP contribution in [0, 0.1) is 5.92 Å². The Hall–Kier alpha value is -1.24. The van der Waals surface area contributed by atoms with Crippen LogP contribution in [-0.4, -0.2) is 61.9 Å². The van der Waals surface area contributed by atoms with E-state index in [1.54, 1.807) is 0 Å². The number of amides is 2. The number of halogens is 3. The van der Waals surface area contributed by atoms with Gasteiger partial charge in [-0.25, -0.2) is 9.18 Å². The minimum Gasteiger partial charge on any atom is -0.368 e. The van der Waals surface area contributed by atoms with E-state index in [0.29, 0.717) is 28.4 Å². The van der Waals surface area contributed by atoms with Crippen LogP contribution in [0.25, 0.3) is 0 Å². The SMILES string of the molecule is O=C(NC1CC1)NC1CCC(CCN2CCN(c3cccc(Cl)c3Cl)CC2)CC1F. The summed E-state index contributed by atoms with van der Waals surface area (Å²) in [7, 11) is 0. The van der Waals surface area contributed by atoms with Crippen LogP contribution in [0.2, 0.25) is 10.0 Å². The van der Waals surface area contributed by atoms with Crippen molar-refractivity contribution in [2.24, 2.45) is 5.92 Å². The average Bonchev–Trinajstić information content (AvgIpc) is 3.55. The predicted molar refractivity (Wildman–Crippen MR) is 120 cm³/mol. The number of hydrogen-bond acceptors (Lipinski definition) is 3. The van der Waals surface area contributed by atoms with Crippen molar-refractivity contribution in [3.05, 3.63) is 28.2 Å². The van der Waals surface area contributed by atoms with Gasteiger partial charge in [-0.05, 0) is 63.1 Å². The Morgan fingerprint density at radius 2 is 1.83 bits per heavy atom. The number of urea groups is 1. The Balaban J connectivity index is 1.16. The fourth-order valence-corrected chi connectivity index (χ4v) is 4.97. The van der Waals surface area contributed by atoms with Crippen LogP contribution < -0.4 is 15.5 Å². The molecule has 5 nitrogen and oxygen atoms in total. The second-order valence-electron chi connectivity index (χ2n) is 8.88. The second-order valence-corrected chi connectivity index (χ2v) is 9.67. The van der Waals surface area contributed by atoms with Crippen molar-refractivity contribution < 1.29 is 9.18 Å². The molecule has 3 atom stereocenters. The molecule has 3 fully saturated rings. The van der Waals surface area contributed by atoms with Crippen molar-refractivity contribution in [2.75, 3.05) is 37.6 Å². The summed E-state index contributed by atoms with van der Waals surface area (Å²) in [5, 5.41) is 6.93. The van der Waals surface area contributed by atoms with E-state index >= 15 is 0 Å². The highest BCUT2D eigenvalue weighted by Crippen LogP contribution is 2.33. The standard InChI is InChI=1S/C22H31Cl2FN4O/c23-17-2-1-3-20(21(17)24)29-12-10-28(11-13-29)9-8-15-4-7-19(18(25)14-15)27-22(30)26-16-5-6-16/h1-3,15-16,18-19H,4-14H2,(H2,26,27,30). The monoisotopic (exact) mass is 456 g/mol. The highest BCUT2D eigenvalue weighted by Gasteiger charge is 2.33. The molecule has 1 aromatic carbocycles. The van der Waals surface area contributed by atoms with Gasteiger partial charge in [0.05, 0.1) is 21.8 Å². The number of rotatable bonds is 6. The van der Waals surface area contributed by atoms with Crippen molar-refractivity contribution in [1.29, 1.82) is 0 Å². The molecule has 1 aliphatic heterocycles. The minimum absolute atomic E-state index is 0.207. The number of carbonyl (C=O) groups is 1. The first kappa shape index (κ1) is 22.0. The van der Waals surface area contributed by atoms with Gasteiger partial charge in [-0.2, -0.15) is 0 Å². The van der Waals surface area contributed by atoms with Gasteiger partial charge >= 0.3 is 6.03 Å². The van der Waals surface area contributed by atoms with Crippen molar-refractivity contribution >= 4 is 34.9 Å². The summed E-state index contributed by atoms with van der Waals surface area (Å²) < 4.78 is 14.6. The first-order valence-corrected chi connectivity index (χ1v) is 11.9. The van der Waals surface area contributed by atoms with E-state index in [-0.39, 0.29) is 12.1 Å². The Morgan fingerprint density at radius 1 is 1.07 bits per heavy atom. The van der Waals surface area contributed by atoms with Gasteiger partial charge in [0.25, 0.3) is 0 Å². The van der Waals surface area contributed by atoms with Gasteiger partial charge in [0.1, 0.15) is 6.17 Å². The molecule has 2 saturated carbocycles. The average molecular weight is 457 g/mol. The molecule has 2 aliphatic carbocycles. The maximum atomic E-state index is 14.6. The van der Waals surface area contributed by atoms with E-state index in [1.807, 2.05) is 18.2 Å². The second kappa shape index (κ2) is 9.92. The molecule has 2 N–H and O–H groups in total. The zero-order valence-electron chi connectivity index (χ0n) is 17.3. The molecule has 1 aromatic rings. The topological polar surface area (TPSA) is 47.6 Å². The van der Waals surface area contributed by atoms with E-state index in [1.165, 1.54) is 0 Å². The zero-order chi connectivity index (χ0) is 21.1. The fraction of sp³-hybridized carbons (Fsp3) is 0.682. The smallest absolute Gasteiger partial charge is 0.315 e. The van der Waals surface area contributed by atoms with Gasteiger partial charge in [0.2, 0.25) is 0 Å². The van der Waals surface area contributed by atoms with Crippen LogP contribution in [0.1, 0.15) is 38.5 Å². The molecule has 30 heavy (non-hydrogen) atoms. The molecule has 1 saturated heterocycles. The number of carbonyl (C=O) groups excluding carboxylic acids is 1. The van der Waals surface area contributed by atoms with Crippen LogP contribution in [-0.2, 0) is 0 Å². The van der Waals surface area contributed by atoms with Gasteiger partial charge in [-0.1, -0.05) is 29.3 Å². The molecule has 8 heteroatoms. The number of nitrogens with one attached hydrogen (secondary N) is 2. The van der Waals surface area contributed by atoms with E-state index in [0.717, 1.165) is 70.5 Å². The van der Waals surface area contributed by atoms with Gasteiger partial charge in [0, 0.05) is 32.2 Å². The van der Waals surface area contributed by atoms with Gasteiger partial charge < -0.3 is 15.5 Å². The molecule has 0 spiro atoms. The first-order chi connectivity index (χ1) is 14.5. The van der Waals surface area contributed by atoms with Crippen LogP contribution in [0.3, 0.4) is 0 Å². The van der Waals surface area contributed by atoms with Crippen LogP contribution in [0.4, 0.5) is 14.9 Å². The summed E-state index contributed by atoms with van der Waals surface area (Å²) in [6, 6.07) is 5.51. The number of nitrogens with zero attached hydrogens (tertiary/aromatic N) is 2. The third-order valence-electron chi connectivity index (χ3n) is 6.61. The fourth-order valence-electron chi connectivity index (χ4n) is 4.56. The summed E-state index contributed by atoms with van der Waals surface area (Å²) in [4.78, 5) is 16.6. The zero-order valence-corrected chi connectivity index (χ0v) is 18.8. The summed E-state index contributed by atoms with van der Waals surface area (Å²) >= 11 is 12.5. The first-order valence-electron chi connectivity index (χ1n) is 11.1. The summed E-state index contributed by atoms with van der Waals surface area (Å²) in [6.07, 6.45) is 4.40. The van der Waals surface area contributed by atoms with Crippen molar-refractivity contribution in [3.8, 4) is 0 Å². The van der Waals surface area contributed by atoms with E-state index in [2.05, 4.69) is 20.4 Å². The molecule has 0 aromatic heterocycles. The highest BCUT2D eigenvalue weighted by atomic mass is 35.5.